The summed E-state index contributed by atoms with van der Waals surface area (Å²) >= 11 is 0. The topological polar surface area (TPSA) is 58.1 Å². The van der Waals surface area contributed by atoms with Crippen LogP contribution < -0.4 is 10.2 Å². The van der Waals surface area contributed by atoms with Gasteiger partial charge in [-0.05, 0) is 6.92 Å². The summed E-state index contributed by atoms with van der Waals surface area (Å²) in [5.74, 6) is 0.961. The first kappa shape index (κ1) is 10.4. The molecule has 0 atom stereocenters. The molecule has 1 amide bonds. The van der Waals surface area contributed by atoms with E-state index < -0.39 is 0 Å². The number of amides is 1. The summed E-state index contributed by atoms with van der Waals surface area (Å²) in [5.41, 5.74) is 0.826. The van der Waals surface area contributed by atoms with Crippen molar-refractivity contribution in [2.24, 2.45) is 0 Å². The Morgan fingerprint density at radius 3 is 2.57 bits per heavy atom. The van der Waals surface area contributed by atoms with Crippen molar-refractivity contribution in [1.29, 1.82) is 0 Å². The Balaban J connectivity index is 3.01. The van der Waals surface area contributed by atoms with Crippen LogP contribution in [0.15, 0.2) is 6.07 Å². The van der Waals surface area contributed by atoms with Gasteiger partial charge in [0.2, 0.25) is 11.9 Å². The summed E-state index contributed by atoms with van der Waals surface area (Å²) in [4.78, 5) is 20.9. The maximum absolute atomic E-state index is 10.8. The summed E-state index contributed by atoms with van der Waals surface area (Å²) in [7, 11) is 3.78. The Kier molecular flexibility index (Phi) is 3.01. The standard InChI is InChI=1S/C9H14N4O/c1-6-5-8(13(3)4)12-9(10-6)11-7(2)14/h5H,1-4H3,(H,10,11,12,14). The van der Waals surface area contributed by atoms with Gasteiger partial charge in [0.15, 0.2) is 0 Å². The predicted octanol–water partition coefficient (Wildman–Crippen LogP) is 0.809. The molecule has 5 nitrogen and oxygen atoms in total. The third-order valence-electron chi connectivity index (χ3n) is 1.59. The SMILES string of the molecule is CC(=O)Nc1nc(C)cc(N(C)C)n1. The molecule has 0 aliphatic rings. The molecule has 5 heteroatoms. The molecule has 0 saturated carbocycles. The highest BCUT2D eigenvalue weighted by Crippen LogP contribution is 2.11. The van der Waals surface area contributed by atoms with Crippen molar-refractivity contribution in [3.8, 4) is 0 Å². The van der Waals surface area contributed by atoms with Crippen molar-refractivity contribution in [2.75, 3.05) is 24.3 Å². The predicted molar refractivity (Wildman–Crippen MR) is 55.4 cm³/mol. The molecule has 0 saturated heterocycles. The number of anilines is 2. The average molecular weight is 194 g/mol. The Morgan fingerprint density at radius 2 is 2.07 bits per heavy atom. The average Bonchev–Trinajstić information content (AvgIpc) is 2.01. The molecule has 0 spiro atoms. The van der Waals surface area contributed by atoms with Gasteiger partial charge in [-0.1, -0.05) is 0 Å². The lowest BCUT2D eigenvalue weighted by Gasteiger charge is -2.12. The van der Waals surface area contributed by atoms with E-state index in [1.54, 1.807) is 0 Å². The van der Waals surface area contributed by atoms with E-state index >= 15 is 0 Å². The number of hydrogen-bond acceptors (Lipinski definition) is 4. The minimum Gasteiger partial charge on any atom is -0.363 e. The highest BCUT2D eigenvalue weighted by atomic mass is 16.1. The van der Waals surface area contributed by atoms with Crippen LogP contribution in [0, 0.1) is 6.92 Å². The van der Waals surface area contributed by atoms with E-state index in [2.05, 4.69) is 15.3 Å². The molecule has 0 aliphatic heterocycles. The Morgan fingerprint density at radius 1 is 1.43 bits per heavy atom. The molecular weight excluding hydrogens is 180 g/mol. The van der Waals surface area contributed by atoms with Gasteiger partial charge >= 0.3 is 0 Å². The molecule has 1 N–H and O–H groups in total. The van der Waals surface area contributed by atoms with Gasteiger partial charge in [-0.2, -0.15) is 4.98 Å². The van der Waals surface area contributed by atoms with Crippen LogP contribution in [0.5, 0.6) is 0 Å². The van der Waals surface area contributed by atoms with Crippen LogP contribution in [0.2, 0.25) is 0 Å². The van der Waals surface area contributed by atoms with Crippen LogP contribution in [0.1, 0.15) is 12.6 Å². The molecular formula is C9H14N4O. The van der Waals surface area contributed by atoms with E-state index in [0.29, 0.717) is 5.95 Å². The fraction of sp³-hybridized carbons (Fsp3) is 0.444. The van der Waals surface area contributed by atoms with Gasteiger partial charge in [0.05, 0.1) is 0 Å². The van der Waals surface area contributed by atoms with Crippen LogP contribution >= 0.6 is 0 Å². The van der Waals surface area contributed by atoms with Gasteiger partial charge in [0.25, 0.3) is 0 Å². The number of nitrogens with one attached hydrogen (secondary N) is 1. The fourth-order valence-electron chi connectivity index (χ4n) is 0.994. The van der Waals surface area contributed by atoms with E-state index in [4.69, 9.17) is 0 Å². The van der Waals surface area contributed by atoms with Gasteiger partial charge in [0, 0.05) is 32.8 Å². The number of hydrogen-bond donors (Lipinski definition) is 1. The molecule has 0 unspecified atom stereocenters. The maximum Gasteiger partial charge on any atom is 0.231 e. The van der Waals surface area contributed by atoms with Crippen LogP contribution in [0.4, 0.5) is 11.8 Å². The number of rotatable bonds is 2. The third-order valence-corrected chi connectivity index (χ3v) is 1.59. The van der Waals surface area contributed by atoms with Crippen molar-refractivity contribution < 1.29 is 4.79 Å². The van der Waals surface area contributed by atoms with E-state index in [1.165, 1.54) is 6.92 Å². The number of carbonyl (C=O) groups is 1. The van der Waals surface area contributed by atoms with E-state index in [-0.39, 0.29) is 5.91 Å². The van der Waals surface area contributed by atoms with E-state index in [1.807, 2.05) is 32.0 Å². The minimum absolute atomic E-state index is 0.166. The highest BCUT2D eigenvalue weighted by Gasteiger charge is 2.04. The minimum atomic E-state index is -0.166. The van der Waals surface area contributed by atoms with Gasteiger partial charge in [-0.25, -0.2) is 4.98 Å². The largest absolute Gasteiger partial charge is 0.363 e. The number of carbonyl (C=O) groups excluding carboxylic acids is 1. The first-order chi connectivity index (χ1) is 6.49. The third kappa shape index (κ3) is 2.69. The molecule has 0 fully saturated rings. The molecule has 76 valence electrons. The fourth-order valence-corrected chi connectivity index (χ4v) is 0.994. The molecule has 14 heavy (non-hydrogen) atoms. The Labute approximate surface area is 83.2 Å². The number of aryl methyl sites for hydroxylation is 1. The van der Waals surface area contributed by atoms with Gasteiger partial charge in [0.1, 0.15) is 5.82 Å². The zero-order valence-corrected chi connectivity index (χ0v) is 8.83. The molecule has 1 aromatic heterocycles. The summed E-state index contributed by atoms with van der Waals surface area (Å²) in [6.07, 6.45) is 0. The Hall–Kier alpha value is -1.65. The second kappa shape index (κ2) is 4.04. The van der Waals surface area contributed by atoms with Crippen molar-refractivity contribution in [2.45, 2.75) is 13.8 Å². The maximum atomic E-state index is 10.8. The lowest BCUT2D eigenvalue weighted by atomic mass is 10.4. The van der Waals surface area contributed by atoms with E-state index in [0.717, 1.165) is 11.5 Å². The molecule has 1 heterocycles. The molecule has 0 aromatic carbocycles. The lowest BCUT2D eigenvalue weighted by molar-refractivity contribution is -0.114. The molecule has 1 rings (SSSR count). The zero-order chi connectivity index (χ0) is 10.7. The molecule has 0 aliphatic carbocycles. The van der Waals surface area contributed by atoms with Crippen molar-refractivity contribution >= 4 is 17.7 Å². The second-order valence-electron chi connectivity index (χ2n) is 3.27. The second-order valence-corrected chi connectivity index (χ2v) is 3.27. The molecule has 0 bridgehead atoms. The highest BCUT2D eigenvalue weighted by molar-refractivity contribution is 5.86. The zero-order valence-electron chi connectivity index (χ0n) is 8.83. The van der Waals surface area contributed by atoms with Gasteiger partial charge < -0.3 is 4.90 Å². The summed E-state index contributed by atoms with van der Waals surface area (Å²) in [6.45, 7) is 3.29. The summed E-state index contributed by atoms with van der Waals surface area (Å²) in [6, 6.07) is 1.85. The smallest absolute Gasteiger partial charge is 0.231 e. The summed E-state index contributed by atoms with van der Waals surface area (Å²) < 4.78 is 0. The lowest BCUT2D eigenvalue weighted by Crippen LogP contribution is -2.15. The van der Waals surface area contributed by atoms with Gasteiger partial charge in [-0.3, -0.25) is 10.1 Å². The number of nitrogens with zero attached hydrogens (tertiary/aromatic N) is 3. The van der Waals surface area contributed by atoms with Crippen LogP contribution in [0.25, 0.3) is 0 Å². The van der Waals surface area contributed by atoms with Crippen LogP contribution in [0.3, 0.4) is 0 Å². The van der Waals surface area contributed by atoms with Crippen molar-refractivity contribution in [3.63, 3.8) is 0 Å². The molecule has 1 aromatic rings. The first-order valence-electron chi connectivity index (χ1n) is 4.29. The monoisotopic (exact) mass is 194 g/mol. The van der Waals surface area contributed by atoms with Gasteiger partial charge in [-0.15, -0.1) is 0 Å². The molecule has 0 radical (unpaired) electrons. The van der Waals surface area contributed by atoms with Crippen LogP contribution in [-0.2, 0) is 4.79 Å². The normalized spacial score (nSPS) is 9.71. The first-order valence-corrected chi connectivity index (χ1v) is 4.29. The van der Waals surface area contributed by atoms with Crippen molar-refractivity contribution in [3.05, 3.63) is 11.8 Å². The van der Waals surface area contributed by atoms with E-state index in [9.17, 15) is 4.79 Å². The summed E-state index contributed by atoms with van der Waals surface area (Å²) in [5, 5.41) is 2.55. The quantitative estimate of drug-likeness (QED) is 0.757. The Bertz CT molecular complexity index is 349. The number of aromatic nitrogens is 2. The van der Waals surface area contributed by atoms with Crippen molar-refractivity contribution in [1.82, 2.24) is 9.97 Å². The van der Waals surface area contributed by atoms with Crippen LogP contribution in [-0.4, -0.2) is 30.0 Å².